The van der Waals surface area contributed by atoms with Crippen molar-refractivity contribution in [1.82, 2.24) is 15.5 Å². The van der Waals surface area contributed by atoms with Gasteiger partial charge in [0.1, 0.15) is 5.75 Å². The number of nitrogens with zero attached hydrogens (tertiary/aromatic N) is 1. The second-order valence-corrected chi connectivity index (χ2v) is 6.75. The van der Waals surface area contributed by atoms with Crippen LogP contribution in [-0.2, 0) is 20.8 Å². The Hall–Kier alpha value is -2.58. The van der Waals surface area contributed by atoms with Crippen molar-refractivity contribution in [3.05, 3.63) is 40.6 Å². The van der Waals surface area contributed by atoms with Gasteiger partial charge in [0.15, 0.2) is 0 Å². The van der Waals surface area contributed by atoms with E-state index in [2.05, 4.69) is 15.5 Å². The highest BCUT2D eigenvalue weighted by atomic mass is 16.5. The average Bonchev–Trinajstić information content (AvgIpc) is 2.68. The molecule has 0 aliphatic carbocycles. The van der Waals surface area contributed by atoms with Gasteiger partial charge in [0.05, 0.1) is 38.5 Å². The van der Waals surface area contributed by atoms with Gasteiger partial charge in [-0.05, 0) is 31.5 Å². The Kier molecular flexibility index (Phi) is 6.53. The number of carbonyl (C=O) groups excluding carboxylic acids is 2. The molecular formula is C20H27N3O5. The summed E-state index contributed by atoms with van der Waals surface area (Å²) < 4.78 is 16.1. The number of amides is 2. The van der Waals surface area contributed by atoms with Crippen LogP contribution >= 0.6 is 0 Å². The Labute approximate surface area is 164 Å². The summed E-state index contributed by atoms with van der Waals surface area (Å²) in [5.41, 5.74) is 2.71. The number of carbonyl (C=O) groups is 2. The molecular weight excluding hydrogens is 362 g/mol. The maximum Gasteiger partial charge on any atom is 0.338 e. The van der Waals surface area contributed by atoms with E-state index in [1.54, 1.807) is 21.0 Å². The zero-order chi connectivity index (χ0) is 20.1. The van der Waals surface area contributed by atoms with Gasteiger partial charge in [-0.3, -0.25) is 4.90 Å². The van der Waals surface area contributed by atoms with Crippen molar-refractivity contribution in [3.63, 3.8) is 0 Å². The number of benzene rings is 1. The van der Waals surface area contributed by atoms with Crippen molar-refractivity contribution >= 4 is 12.0 Å². The zero-order valence-corrected chi connectivity index (χ0v) is 16.5. The molecule has 152 valence electrons. The van der Waals surface area contributed by atoms with E-state index in [1.807, 2.05) is 18.2 Å². The summed E-state index contributed by atoms with van der Waals surface area (Å²) in [5, 5.41) is 5.49. The van der Waals surface area contributed by atoms with Crippen LogP contribution in [0, 0.1) is 0 Å². The van der Waals surface area contributed by atoms with Crippen molar-refractivity contribution in [2.75, 3.05) is 40.0 Å². The molecule has 8 nitrogen and oxygen atoms in total. The van der Waals surface area contributed by atoms with Crippen molar-refractivity contribution in [2.24, 2.45) is 0 Å². The predicted molar refractivity (Wildman–Crippen MR) is 103 cm³/mol. The summed E-state index contributed by atoms with van der Waals surface area (Å²) in [6.45, 7) is 7.55. The van der Waals surface area contributed by atoms with Gasteiger partial charge in [0, 0.05) is 30.9 Å². The van der Waals surface area contributed by atoms with E-state index < -0.39 is 12.0 Å². The molecule has 0 bridgehead atoms. The van der Waals surface area contributed by atoms with Crippen LogP contribution in [0.4, 0.5) is 4.79 Å². The Morgan fingerprint density at radius 1 is 1.32 bits per heavy atom. The molecule has 2 N–H and O–H groups in total. The standard InChI is InChI=1S/C20H27N3O5/c1-4-28-19(24)17-13(2)21-20(25)22-18(17)14-5-6-16(26-3)15(11-14)12-23-7-9-27-10-8-23/h5-6,11,18H,4,7-10,12H2,1-3H3,(H2,21,22,25)/t18-/m0/s1. The van der Waals surface area contributed by atoms with Gasteiger partial charge in [-0.25, -0.2) is 9.59 Å². The molecule has 0 spiro atoms. The van der Waals surface area contributed by atoms with Gasteiger partial charge in [0.2, 0.25) is 0 Å². The largest absolute Gasteiger partial charge is 0.496 e. The highest BCUT2D eigenvalue weighted by Crippen LogP contribution is 2.31. The van der Waals surface area contributed by atoms with Crippen molar-refractivity contribution in [3.8, 4) is 5.75 Å². The van der Waals surface area contributed by atoms with Crippen LogP contribution in [0.3, 0.4) is 0 Å². The first-order valence-corrected chi connectivity index (χ1v) is 9.45. The third-order valence-electron chi connectivity index (χ3n) is 4.90. The van der Waals surface area contributed by atoms with Gasteiger partial charge in [-0.15, -0.1) is 0 Å². The van der Waals surface area contributed by atoms with Crippen LogP contribution in [0.5, 0.6) is 5.75 Å². The number of allylic oxidation sites excluding steroid dienone is 1. The van der Waals surface area contributed by atoms with E-state index in [4.69, 9.17) is 14.2 Å². The second kappa shape index (κ2) is 9.07. The molecule has 0 unspecified atom stereocenters. The number of rotatable bonds is 6. The lowest BCUT2D eigenvalue weighted by atomic mass is 9.94. The van der Waals surface area contributed by atoms with Gasteiger partial charge < -0.3 is 24.8 Å². The first-order valence-electron chi connectivity index (χ1n) is 9.45. The lowest BCUT2D eigenvalue weighted by Crippen LogP contribution is -2.45. The van der Waals surface area contributed by atoms with E-state index in [9.17, 15) is 9.59 Å². The summed E-state index contributed by atoms with van der Waals surface area (Å²) in [7, 11) is 1.64. The molecule has 3 rings (SSSR count). The molecule has 2 aliphatic rings. The Morgan fingerprint density at radius 3 is 2.75 bits per heavy atom. The fourth-order valence-corrected chi connectivity index (χ4v) is 3.53. The fraction of sp³-hybridized carbons (Fsp3) is 0.500. The summed E-state index contributed by atoms with van der Waals surface area (Å²) in [6.07, 6.45) is 0. The van der Waals surface area contributed by atoms with E-state index in [0.29, 0.717) is 31.0 Å². The highest BCUT2D eigenvalue weighted by molar-refractivity contribution is 5.95. The van der Waals surface area contributed by atoms with E-state index >= 15 is 0 Å². The molecule has 1 aromatic rings. The minimum atomic E-state index is -0.581. The monoisotopic (exact) mass is 389 g/mol. The van der Waals surface area contributed by atoms with E-state index in [-0.39, 0.29) is 12.6 Å². The predicted octanol–water partition coefficient (Wildman–Crippen LogP) is 1.72. The van der Waals surface area contributed by atoms with Crippen LogP contribution in [-0.4, -0.2) is 56.9 Å². The molecule has 0 radical (unpaired) electrons. The molecule has 2 aliphatic heterocycles. The summed E-state index contributed by atoms with van der Waals surface area (Å²) in [4.78, 5) is 26.8. The summed E-state index contributed by atoms with van der Waals surface area (Å²) >= 11 is 0. The van der Waals surface area contributed by atoms with Gasteiger partial charge in [0.25, 0.3) is 0 Å². The molecule has 28 heavy (non-hydrogen) atoms. The third-order valence-corrected chi connectivity index (χ3v) is 4.90. The topological polar surface area (TPSA) is 89.1 Å². The van der Waals surface area contributed by atoms with Gasteiger partial charge >= 0.3 is 12.0 Å². The Balaban J connectivity index is 1.94. The van der Waals surface area contributed by atoms with Crippen molar-refractivity contribution < 1.29 is 23.8 Å². The molecule has 1 aromatic carbocycles. The minimum absolute atomic E-state index is 0.265. The zero-order valence-electron chi connectivity index (χ0n) is 16.5. The Bertz CT molecular complexity index is 771. The van der Waals surface area contributed by atoms with E-state index in [1.165, 1.54) is 0 Å². The third kappa shape index (κ3) is 4.45. The van der Waals surface area contributed by atoms with Crippen molar-refractivity contribution in [1.29, 1.82) is 0 Å². The number of nitrogens with one attached hydrogen (secondary N) is 2. The summed E-state index contributed by atoms with van der Waals surface area (Å²) in [6, 6.07) is 4.79. The first-order chi connectivity index (χ1) is 13.5. The van der Waals surface area contributed by atoms with Crippen LogP contribution in [0.15, 0.2) is 29.5 Å². The molecule has 0 saturated carbocycles. The second-order valence-electron chi connectivity index (χ2n) is 6.75. The number of morpholine rings is 1. The quantitative estimate of drug-likeness (QED) is 0.720. The average molecular weight is 389 g/mol. The Morgan fingerprint density at radius 2 is 2.07 bits per heavy atom. The summed E-state index contributed by atoms with van der Waals surface area (Å²) in [5.74, 6) is 0.330. The van der Waals surface area contributed by atoms with Crippen LogP contribution in [0.1, 0.15) is 31.0 Å². The smallest absolute Gasteiger partial charge is 0.338 e. The normalized spacial score (nSPS) is 20.4. The van der Waals surface area contributed by atoms with Crippen LogP contribution in [0.2, 0.25) is 0 Å². The minimum Gasteiger partial charge on any atom is -0.496 e. The molecule has 1 saturated heterocycles. The molecule has 2 heterocycles. The lowest BCUT2D eigenvalue weighted by molar-refractivity contribution is -0.139. The molecule has 8 heteroatoms. The highest BCUT2D eigenvalue weighted by Gasteiger charge is 2.32. The number of ether oxygens (including phenoxy) is 3. The van der Waals surface area contributed by atoms with Gasteiger partial charge in [-0.1, -0.05) is 6.07 Å². The molecule has 1 atom stereocenters. The molecule has 1 fully saturated rings. The fourth-order valence-electron chi connectivity index (χ4n) is 3.53. The van der Waals surface area contributed by atoms with Gasteiger partial charge in [-0.2, -0.15) is 0 Å². The maximum absolute atomic E-state index is 12.5. The number of urea groups is 1. The lowest BCUT2D eigenvalue weighted by Gasteiger charge is -2.30. The van der Waals surface area contributed by atoms with Crippen LogP contribution in [0.25, 0.3) is 0 Å². The maximum atomic E-state index is 12.5. The van der Waals surface area contributed by atoms with E-state index in [0.717, 1.165) is 30.0 Å². The number of hydrogen-bond donors (Lipinski definition) is 2. The van der Waals surface area contributed by atoms with Crippen LogP contribution < -0.4 is 15.4 Å². The van der Waals surface area contributed by atoms with Crippen molar-refractivity contribution in [2.45, 2.75) is 26.4 Å². The SMILES string of the molecule is CCOC(=O)C1=C(C)NC(=O)N[C@H]1c1ccc(OC)c(CN2CCOCC2)c1. The number of hydrogen-bond acceptors (Lipinski definition) is 6. The molecule has 2 amide bonds. The number of methoxy groups -OCH3 is 1. The first kappa shape index (κ1) is 20.2. The molecule has 0 aromatic heterocycles. The number of esters is 1.